The Morgan fingerprint density at radius 3 is 2.45 bits per heavy atom. The Labute approximate surface area is 165 Å². The van der Waals surface area contributed by atoms with E-state index >= 15 is 0 Å². The van der Waals surface area contributed by atoms with Gasteiger partial charge in [0.15, 0.2) is 0 Å². The van der Waals surface area contributed by atoms with E-state index in [-0.39, 0.29) is 38.1 Å². The molecule has 0 saturated carbocycles. The highest BCUT2D eigenvalue weighted by Gasteiger charge is 2.09. The van der Waals surface area contributed by atoms with Gasteiger partial charge in [0, 0.05) is 12.1 Å². The molecule has 1 aromatic heterocycles. The van der Waals surface area contributed by atoms with E-state index in [4.69, 9.17) is 14.2 Å². The van der Waals surface area contributed by atoms with E-state index in [2.05, 4.69) is 15.4 Å². The fourth-order valence-electron chi connectivity index (χ4n) is 2.22. The number of nitro groups is 1. The van der Waals surface area contributed by atoms with Crippen LogP contribution in [0.3, 0.4) is 0 Å². The number of ether oxygens (including phenoxy) is 3. The summed E-state index contributed by atoms with van der Waals surface area (Å²) < 4.78 is 15.7. The van der Waals surface area contributed by atoms with Crippen LogP contribution in [0, 0.1) is 10.1 Å². The normalized spacial score (nSPS) is 10.5. The lowest BCUT2D eigenvalue weighted by Gasteiger charge is -2.06. The van der Waals surface area contributed by atoms with Gasteiger partial charge in [-0.2, -0.15) is 0 Å². The minimum atomic E-state index is -0.490. The molecule has 3 rings (SSSR count). The number of carbonyl (C=O) groups is 1. The average Bonchev–Trinajstić information content (AvgIpc) is 3.22. The highest BCUT2D eigenvalue weighted by molar-refractivity contribution is 5.89. The van der Waals surface area contributed by atoms with Gasteiger partial charge in [-0.1, -0.05) is 28.4 Å². The van der Waals surface area contributed by atoms with Gasteiger partial charge in [-0.05, 0) is 29.5 Å². The first kappa shape index (κ1) is 19.9. The van der Waals surface area contributed by atoms with Crippen molar-refractivity contribution in [3.05, 3.63) is 70.3 Å². The Balaban J connectivity index is 1.33. The van der Waals surface area contributed by atoms with Gasteiger partial charge in [0.2, 0.25) is 0 Å². The van der Waals surface area contributed by atoms with Crippen molar-refractivity contribution in [2.45, 2.75) is 0 Å². The minimum Gasteiger partial charge on any atom is -0.460 e. The van der Waals surface area contributed by atoms with Gasteiger partial charge in [-0.15, -0.1) is 4.80 Å². The fraction of sp³-hybridized carbons (Fsp3) is 0.222. The van der Waals surface area contributed by atoms with Crippen LogP contribution in [0.1, 0.15) is 10.4 Å². The molecule has 0 saturated heterocycles. The van der Waals surface area contributed by atoms with Crippen LogP contribution in [0.4, 0.5) is 5.69 Å². The van der Waals surface area contributed by atoms with Gasteiger partial charge in [-0.25, -0.2) is 4.79 Å². The van der Waals surface area contributed by atoms with Gasteiger partial charge in [0.05, 0.1) is 29.4 Å². The second-order valence-corrected chi connectivity index (χ2v) is 5.60. The molecule has 0 bridgehead atoms. The van der Waals surface area contributed by atoms with Crippen LogP contribution in [0.15, 0.2) is 54.6 Å². The highest BCUT2D eigenvalue weighted by Crippen LogP contribution is 2.14. The first-order valence-corrected chi connectivity index (χ1v) is 8.61. The predicted octanol–water partition coefficient (Wildman–Crippen LogP) is 1.82. The fourth-order valence-corrected chi connectivity index (χ4v) is 2.22. The molecule has 150 valence electrons. The van der Waals surface area contributed by atoms with E-state index in [0.29, 0.717) is 11.3 Å². The molecule has 0 amide bonds. The molecule has 11 nitrogen and oxygen atoms in total. The van der Waals surface area contributed by atoms with E-state index in [0.717, 1.165) is 0 Å². The zero-order valence-electron chi connectivity index (χ0n) is 15.2. The molecule has 0 fully saturated rings. The molecular weight excluding hydrogens is 382 g/mol. The largest absolute Gasteiger partial charge is 0.460 e. The van der Waals surface area contributed by atoms with Crippen molar-refractivity contribution < 1.29 is 23.9 Å². The molecule has 0 N–H and O–H groups in total. The minimum absolute atomic E-state index is 0.0306. The molecule has 11 heteroatoms. The van der Waals surface area contributed by atoms with Crippen molar-refractivity contribution in [2.24, 2.45) is 0 Å². The quantitative estimate of drug-likeness (QED) is 0.217. The molecule has 2 aromatic carbocycles. The number of nitrogens with zero attached hydrogens (tertiary/aromatic N) is 5. The van der Waals surface area contributed by atoms with Crippen molar-refractivity contribution in [3.63, 3.8) is 0 Å². The first-order valence-electron chi connectivity index (χ1n) is 8.61. The van der Waals surface area contributed by atoms with Crippen molar-refractivity contribution in [1.29, 1.82) is 0 Å². The van der Waals surface area contributed by atoms with Crippen LogP contribution in [-0.2, 0) is 9.47 Å². The maximum atomic E-state index is 11.7. The summed E-state index contributed by atoms with van der Waals surface area (Å²) in [6.45, 7) is 0.778. The van der Waals surface area contributed by atoms with Crippen LogP contribution >= 0.6 is 0 Å². The lowest BCUT2D eigenvalue weighted by Crippen LogP contribution is -2.14. The van der Waals surface area contributed by atoms with Crippen molar-refractivity contribution >= 4 is 11.7 Å². The number of carbonyl (C=O) groups excluding carboxylic acids is 1. The van der Waals surface area contributed by atoms with E-state index in [9.17, 15) is 14.9 Å². The zero-order valence-corrected chi connectivity index (χ0v) is 15.2. The summed E-state index contributed by atoms with van der Waals surface area (Å²) in [7, 11) is 0. The van der Waals surface area contributed by atoms with Crippen LogP contribution in [0.2, 0.25) is 0 Å². The topological polar surface area (TPSA) is 132 Å². The third kappa shape index (κ3) is 5.81. The Hall–Kier alpha value is -3.86. The molecular formula is C18H17N5O6. The van der Waals surface area contributed by atoms with E-state index in [1.165, 1.54) is 29.1 Å². The molecule has 0 atom stereocenters. The smallest absolute Gasteiger partial charge is 0.356 e. The summed E-state index contributed by atoms with van der Waals surface area (Å²) in [5.74, 6) is -0.405. The van der Waals surface area contributed by atoms with E-state index in [1.807, 2.05) is 6.07 Å². The number of benzene rings is 2. The second kappa shape index (κ2) is 9.90. The number of hydrogen-bond acceptors (Lipinski definition) is 9. The highest BCUT2D eigenvalue weighted by atomic mass is 16.6. The van der Waals surface area contributed by atoms with Gasteiger partial charge in [0.25, 0.3) is 5.69 Å². The molecule has 0 aliphatic carbocycles. The Morgan fingerprint density at radius 1 is 1.00 bits per heavy atom. The molecule has 0 spiro atoms. The standard InChI is InChI=1S/C18H17N5O6/c24-17(14-4-2-1-3-5-14)28-12-10-27-11-13-29-18-19-21-22(20-18)15-6-8-16(9-7-15)23(25)26/h1-9H,10-13H2. The number of tetrazole rings is 1. The Morgan fingerprint density at radius 2 is 1.72 bits per heavy atom. The predicted molar refractivity (Wildman–Crippen MR) is 98.8 cm³/mol. The molecule has 0 radical (unpaired) electrons. The molecule has 0 unspecified atom stereocenters. The lowest BCUT2D eigenvalue weighted by molar-refractivity contribution is -0.384. The number of non-ortho nitro benzene ring substituents is 1. The van der Waals surface area contributed by atoms with Crippen molar-refractivity contribution in [3.8, 4) is 11.7 Å². The van der Waals surface area contributed by atoms with E-state index < -0.39 is 10.9 Å². The number of aromatic nitrogens is 4. The zero-order chi connectivity index (χ0) is 20.5. The van der Waals surface area contributed by atoms with Gasteiger partial charge >= 0.3 is 12.0 Å². The van der Waals surface area contributed by atoms with Gasteiger partial charge in [-0.3, -0.25) is 10.1 Å². The van der Waals surface area contributed by atoms with E-state index in [1.54, 1.807) is 24.3 Å². The van der Waals surface area contributed by atoms with Crippen LogP contribution in [0.5, 0.6) is 6.01 Å². The maximum Gasteiger partial charge on any atom is 0.356 e. The van der Waals surface area contributed by atoms with Crippen LogP contribution in [0.25, 0.3) is 5.69 Å². The van der Waals surface area contributed by atoms with Crippen LogP contribution in [-0.4, -0.2) is 57.5 Å². The lowest BCUT2D eigenvalue weighted by atomic mass is 10.2. The maximum absolute atomic E-state index is 11.7. The van der Waals surface area contributed by atoms with Crippen molar-refractivity contribution in [1.82, 2.24) is 20.2 Å². The summed E-state index contributed by atoms with van der Waals surface area (Å²) in [5.41, 5.74) is 0.962. The molecule has 0 aliphatic rings. The van der Waals surface area contributed by atoms with Gasteiger partial charge < -0.3 is 14.2 Å². The number of esters is 1. The average molecular weight is 399 g/mol. The SMILES string of the molecule is O=C(OCCOCCOc1nnn(-c2ccc([N+](=O)[O-])cc2)n1)c1ccccc1. The summed E-state index contributed by atoms with van der Waals surface area (Å²) in [5, 5.41) is 22.2. The summed E-state index contributed by atoms with van der Waals surface area (Å²) in [4.78, 5) is 23.1. The number of rotatable bonds is 10. The summed E-state index contributed by atoms with van der Waals surface area (Å²) in [6.07, 6.45) is 0. The molecule has 3 aromatic rings. The third-order valence-electron chi connectivity index (χ3n) is 3.62. The number of hydrogen-bond donors (Lipinski definition) is 0. The van der Waals surface area contributed by atoms with Crippen LogP contribution < -0.4 is 4.74 Å². The third-order valence-corrected chi connectivity index (χ3v) is 3.62. The first-order chi connectivity index (χ1) is 14.1. The monoisotopic (exact) mass is 399 g/mol. The molecule has 0 aliphatic heterocycles. The summed E-state index contributed by atoms with van der Waals surface area (Å²) >= 11 is 0. The molecule has 1 heterocycles. The number of nitro benzene ring substituents is 1. The van der Waals surface area contributed by atoms with Gasteiger partial charge in [0.1, 0.15) is 13.2 Å². The Kier molecular flexibility index (Phi) is 6.79. The molecule has 29 heavy (non-hydrogen) atoms. The summed E-state index contributed by atoms with van der Waals surface area (Å²) in [6, 6.07) is 14.4. The van der Waals surface area contributed by atoms with Crippen molar-refractivity contribution in [2.75, 3.05) is 26.4 Å². The Bertz CT molecular complexity index is 945. The second-order valence-electron chi connectivity index (χ2n) is 5.60.